The molecule has 5 rings (SSSR count). The van der Waals surface area contributed by atoms with Crippen molar-refractivity contribution in [2.24, 2.45) is 50.7 Å². The molecule has 0 spiro atoms. The number of allylic oxidation sites excluding steroid dienone is 1. The first-order chi connectivity index (χ1) is 17.4. The summed E-state index contributed by atoms with van der Waals surface area (Å²) in [7, 11) is 0. The highest BCUT2D eigenvalue weighted by atomic mass is 16.6. The van der Waals surface area contributed by atoms with Crippen LogP contribution >= 0.6 is 0 Å². The van der Waals surface area contributed by atoms with E-state index in [0.29, 0.717) is 31.1 Å². The molecule has 6 heteroatoms. The minimum atomic E-state index is -1.07. The Morgan fingerprint density at radius 1 is 0.974 bits per heavy atom. The molecular formula is C32H50O6. The molecule has 5 aliphatic rings. The van der Waals surface area contributed by atoms with Crippen LogP contribution in [0, 0.1) is 50.7 Å². The van der Waals surface area contributed by atoms with Gasteiger partial charge in [0.1, 0.15) is 6.10 Å². The summed E-state index contributed by atoms with van der Waals surface area (Å²) in [6, 6.07) is 0. The lowest BCUT2D eigenvalue weighted by Gasteiger charge is -2.72. The SMILES string of the molecule is CC(=O)O[C@H]1[C@H](O)C[C@@]2(C)C(CC[C@]3(C)C2CC=C2[C@H]4[C@](C(=O)O)(CC[C@@H](C)[C@@]4(C)O)CC[C@]23C)C1(C)C. The number of esters is 1. The number of hydrogen-bond acceptors (Lipinski definition) is 5. The first-order valence-corrected chi connectivity index (χ1v) is 14.9. The number of carbonyl (C=O) groups is 2. The molecule has 214 valence electrons. The van der Waals surface area contributed by atoms with Crippen LogP contribution in [0.1, 0.15) is 107 Å². The molecule has 4 fully saturated rings. The second kappa shape index (κ2) is 8.31. The summed E-state index contributed by atoms with van der Waals surface area (Å²) < 4.78 is 5.72. The molecule has 6 nitrogen and oxygen atoms in total. The van der Waals surface area contributed by atoms with Gasteiger partial charge in [-0.15, -0.1) is 0 Å². The molecule has 38 heavy (non-hydrogen) atoms. The number of aliphatic carboxylic acids is 1. The van der Waals surface area contributed by atoms with Crippen molar-refractivity contribution < 1.29 is 29.6 Å². The van der Waals surface area contributed by atoms with Gasteiger partial charge in [0.25, 0.3) is 0 Å². The lowest BCUT2D eigenvalue weighted by Crippen LogP contribution is -2.69. The van der Waals surface area contributed by atoms with Gasteiger partial charge in [0.15, 0.2) is 0 Å². The van der Waals surface area contributed by atoms with E-state index >= 15 is 0 Å². The molecule has 0 saturated heterocycles. The van der Waals surface area contributed by atoms with E-state index in [4.69, 9.17) is 4.74 Å². The van der Waals surface area contributed by atoms with Crippen LogP contribution in [0.4, 0.5) is 0 Å². The number of aliphatic hydroxyl groups excluding tert-OH is 1. The maximum Gasteiger partial charge on any atom is 0.310 e. The van der Waals surface area contributed by atoms with Gasteiger partial charge in [-0.2, -0.15) is 0 Å². The third kappa shape index (κ3) is 3.31. The standard InChI is InChI=1S/C32H50O6/c1-18-11-14-32(26(35)36)16-15-29(6)20(24(32)31(18,8)37)9-10-23-28(5)17-21(34)25(38-19(2)33)27(3,4)22(28)12-13-30(23,29)7/h9,18,21-25,34,37H,10-17H2,1-8H3,(H,35,36)/t18-,21-,22?,23?,24-,25+,28+,29-,30-,31-,32+/m1/s1. The Morgan fingerprint density at radius 3 is 2.24 bits per heavy atom. The fourth-order valence-electron chi connectivity index (χ4n) is 11.4. The molecule has 3 N–H and O–H groups in total. The average Bonchev–Trinajstić information content (AvgIpc) is 2.79. The van der Waals surface area contributed by atoms with E-state index in [2.05, 4.69) is 47.6 Å². The predicted molar refractivity (Wildman–Crippen MR) is 145 cm³/mol. The number of fused-ring (bicyclic) bond motifs is 7. The molecule has 0 aromatic carbocycles. The smallest absolute Gasteiger partial charge is 0.310 e. The van der Waals surface area contributed by atoms with Gasteiger partial charge in [0.05, 0.1) is 17.1 Å². The highest BCUT2D eigenvalue weighted by Crippen LogP contribution is 2.76. The molecule has 4 saturated carbocycles. The lowest BCUT2D eigenvalue weighted by atomic mass is 9.33. The molecule has 0 aromatic heterocycles. The highest BCUT2D eigenvalue weighted by molar-refractivity contribution is 5.77. The van der Waals surface area contributed by atoms with E-state index in [1.54, 1.807) is 0 Å². The van der Waals surface area contributed by atoms with Crippen molar-refractivity contribution in [2.45, 2.75) is 125 Å². The number of carboxylic acids is 1. The summed E-state index contributed by atoms with van der Waals surface area (Å²) in [5, 5.41) is 33.9. The predicted octanol–water partition coefficient (Wildman–Crippen LogP) is 5.75. The molecule has 5 aliphatic carbocycles. The molecule has 11 atom stereocenters. The van der Waals surface area contributed by atoms with Crippen LogP contribution in [0.3, 0.4) is 0 Å². The lowest BCUT2D eigenvalue weighted by molar-refractivity contribution is -0.242. The maximum absolute atomic E-state index is 12.9. The Bertz CT molecular complexity index is 1060. The van der Waals surface area contributed by atoms with Gasteiger partial charge in [0, 0.05) is 18.3 Å². The van der Waals surface area contributed by atoms with Crippen LogP contribution in [-0.2, 0) is 14.3 Å². The first-order valence-electron chi connectivity index (χ1n) is 14.9. The summed E-state index contributed by atoms with van der Waals surface area (Å²) in [6.07, 6.45) is 7.24. The average molecular weight is 531 g/mol. The van der Waals surface area contributed by atoms with Crippen molar-refractivity contribution in [1.82, 2.24) is 0 Å². The summed E-state index contributed by atoms with van der Waals surface area (Å²) in [6.45, 7) is 16.8. The summed E-state index contributed by atoms with van der Waals surface area (Å²) in [4.78, 5) is 24.8. The Labute approximate surface area is 228 Å². The largest absolute Gasteiger partial charge is 0.481 e. The minimum Gasteiger partial charge on any atom is -0.481 e. The van der Waals surface area contributed by atoms with Crippen LogP contribution in [-0.4, -0.2) is 45.1 Å². The Kier molecular flexibility index (Phi) is 6.16. The van der Waals surface area contributed by atoms with E-state index in [9.17, 15) is 24.9 Å². The summed E-state index contributed by atoms with van der Waals surface area (Å²) in [5.74, 6) is -0.859. The number of hydrogen-bond donors (Lipinski definition) is 3. The maximum atomic E-state index is 12.9. The second-order valence-corrected chi connectivity index (χ2v) is 15.5. The van der Waals surface area contributed by atoms with Crippen molar-refractivity contribution in [1.29, 1.82) is 0 Å². The Hall–Kier alpha value is -1.40. The third-order valence-electron chi connectivity index (χ3n) is 13.7. The molecule has 0 aromatic rings. The van der Waals surface area contributed by atoms with E-state index < -0.39 is 29.2 Å². The number of aliphatic hydroxyl groups is 2. The number of rotatable bonds is 2. The minimum absolute atomic E-state index is 0.0366. The van der Waals surface area contributed by atoms with Crippen LogP contribution < -0.4 is 0 Å². The highest BCUT2D eigenvalue weighted by Gasteiger charge is 2.72. The van der Waals surface area contributed by atoms with Crippen molar-refractivity contribution in [2.75, 3.05) is 0 Å². The van der Waals surface area contributed by atoms with Gasteiger partial charge >= 0.3 is 11.9 Å². The second-order valence-electron chi connectivity index (χ2n) is 15.5. The molecule has 0 heterocycles. The number of carbonyl (C=O) groups excluding carboxylic acids is 1. The molecule has 2 unspecified atom stereocenters. The van der Waals surface area contributed by atoms with Crippen LogP contribution in [0.15, 0.2) is 11.6 Å². The number of ether oxygens (including phenoxy) is 1. The fraction of sp³-hybridized carbons (Fsp3) is 0.875. The van der Waals surface area contributed by atoms with Crippen molar-refractivity contribution in [3.63, 3.8) is 0 Å². The van der Waals surface area contributed by atoms with E-state index in [-0.39, 0.29) is 39.5 Å². The van der Waals surface area contributed by atoms with Gasteiger partial charge in [-0.3, -0.25) is 9.59 Å². The topological polar surface area (TPSA) is 104 Å². The molecule has 0 amide bonds. The first kappa shape index (κ1) is 28.1. The van der Waals surface area contributed by atoms with E-state index in [0.717, 1.165) is 32.1 Å². The zero-order chi connectivity index (χ0) is 28.3. The van der Waals surface area contributed by atoms with Gasteiger partial charge in [0.2, 0.25) is 0 Å². The van der Waals surface area contributed by atoms with Gasteiger partial charge in [-0.1, -0.05) is 53.2 Å². The van der Waals surface area contributed by atoms with Crippen molar-refractivity contribution in [3.8, 4) is 0 Å². The molecule has 0 radical (unpaired) electrons. The van der Waals surface area contributed by atoms with Gasteiger partial charge in [-0.25, -0.2) is 0 Å². The van der Waals surface area contributed by atoms with Crippen molar-refractivity contribution >= 4 is 11.9 Å². The van der Waals surface area contributed by atoms with Crippen molar-refractivity contribution in [3.05, 3.63) is 11.6 Å². The van der Waals surface area contributed by atoms with E-state index in [1.807, 2.05) is 6.92 Å². The van der Waals surface area contributed by atoms with E-state index in [1.165, 1.54) is 12.5 Å². The van der Waals surface area contributed by atoms with Crippen LogP contribution in [0.5, 0.6) is 0 Å². The van der Waals surface area contributed by atoms with Crippen LogP contribution in [0.2, 0.25) is 0 Å². The third-order valence-corrected chi connectivity index (χ3v) is 13.7. The zero-order valence-electron chi connectivity index (χ0n) is 24.8. The van der Waals surface area contributed by atoms with Crippen LogP contribution in [0.25, 0.3) is 0 Å². The summed E-state index contributed by atoms with van der Waals surface area (Å²) in [5.41, 5.74) is -1.64. The Balaban J connectivity index is 1.61. The summed E-state index contributed by atoms with van der Waals surface area (Å²) >= 11 is 0. The molecule has 0 bridgehead atoms. The monoisotopic (exact) mass is 530 g/mol. The zero-order valence-corrected chi connectivity index (χ0v) is 24.8. The normalized spacial score (nSPS) is 53.4. The van der Waals surface area contributed by atoms with Gasteiger partial charge in [-0.05, 0) is 92.3 Å². The Morgan fingerprint density at radius 2 is 1.63 bits per heavy atom. The molecular weight excluding hydrogens is 480 g/mol. The molecule has 0 aliphatic heterocycles. The van der Waals surface area contributed by atoms with Gasteiger partial charge < -0.3 is 20.1 Å². The quantitative estimate of drug-likeness (QED) is 0.310. The fourth-order valence-corrected chi connectivity index (χ4v) is 11.4. The number of carboxylic acid groups (broad SMARTS) is 1.